The van der Waals surface area contributed by atoms with Crippen LogP contribution in [0.1, 0.15) is 12.5 Å². The van der Waals surface area contributed by atoms with Crippen molar-refractivity contribution < 1.29 is 19.1 Å². The Kier molecular flexibility index (Phi) is 8.82. The number of methoxy groups -OCH3 is 2. The third-order valence-electron chi connectivity index (χ3n) is 3.34. The molecule has 0 aliphatic rings. The second-order valence-electron chi connectivity index (χ2n) is 5.20. The molecule has 1 aromatic rings. The summed E-state index contributed by atoms with van der Waals surface area (Å²) in [5.41, 5.74) is 0.683. The molecule has 0 bridgehead atoms. The molecule has 0 aliphatic heterocycles. The molecule has 1 amide bonds. The minimum atomic E-state index is -0.427. The number of nitrogens with zero attached hydrogens (tertiary/aromatic N) is 1. The molecule has 0 saturated heterocycles. The van der Waals surface area contributed by atoms with Crippen LogP contribution in [0.25, 0.3) is 6.08 Å². The van der Waals surface area contributed by atoms with E-state index in [-0.39, 0.29) is 18.4 Å². The number of amides is 1. The molecule has 0 N–H and O–H groups in total. The lowest BCUT2D eigenvalue weighted by atomic mass is 10.1. The fourth-order valence-corrected chi connectivity index (χ4v) is 2.47. The summed E-state index contributed by atoms with van der Waals surface area (Å²) in [4.78, 5) is 25.5. The van der Waals surface area contributed by atoms with Gasteiger partial charge in [0.15, 0.2) is 0 Å². The molecule has 0 saturated carbocycles. The SMILES string of the molecule is COCCN(CC(C)C(=O)OC)C(=O)/C=C/c1ccc(Cl)cc1Cl. The van der Waals surface area contributed by atoms with E-state index < -0.39 is 5.92 Å². The van der Waals surface area contributed by atoms with Crippen molar-refractivity contribution in [3.63, 3.8) is 0 Å². The van der Waals surface area contributed by atoms with Gasteiger partial charge in [-0.1, -0.05) is 36.2 Å². The summed E-state index contributed by atoms with van der Waals surface area (Å²) >= 11 is 11.9. The zero-order chi connectivity index (χ0) is 18.1. The maximum atomic E-state index is 12.4. The van der Waals surface area contributed by atoms with Crippen LogP contribution in [-0.2, 0) is 19.1 Å². The van der Waals surface area contributed by atoms with Crippen LogP contribution in [-0.4, -0.2) is 50.7 Å². The molecule has 1 rings (SSSR count). The summed E-state index contributed by atoms with van der Waals surface area (Å²) in [5, 5.41) is 0.982. The van der Waals surface area contributed by atoms with Gasteiger partial charge in [0.05, 0.1) is 19.6 Å². The summed E-state index contributed by atoms with van der Waals surface area (Å²) in [5.74, 6) is -1.04. The van der Waals surface area contributed by atoms with Crippen molar-refractivity contribution in [2.45, 2.75) is 6.92 Å². The molecular weight excluding hydrogens is 353 g/mol. The first kappa shape index (κ1) is 20.5. The van der Waals surface area contributed by atoms with Crippen LogP contribution in [0.2, 0.25) is 10.0 Å². The molecule has 1 unspecified atom stereocenters. The minimum Gasteiger partial charge on any atom is -0.469 e. The topological polar surface area (TPSA) is 55.8 Å². The number of rotatable bonds is 8. The summed E-state index contributed by atoms with van der Waals surface area (Å²) in [6.45, 7) is 2.69. The highest BCUT2D eigenvalue weighted by Crippen LogP contribution is 2.22. The van der Waals surface area contributed by atoms with Crippen molar-refractivity contribution >= 4 is 41.2 Å². The number of hydrogen-bond donors (Lipinski definition) is 0. The Morgan fingerprint density at radius 1 is 1.29 bits per heavy atom. The highest BCUT2D eigenvalue weighted by Gasteiger charge is 2.20. The van der Waals surface area contributed by atoms with E-state index in [9.17, 15) is 9.59 Å². The number of halogens is 2. The molecule has 0 heterocycles. The minimum absolute atomic E-state index is 0.242. The van der Waals surface area contributed by atoms with Gasteiger partial charge in [-0.25, -0.2) is 0 Å². The number of carbonyl (C=O) groups excluding carboxylic acids is 2. The van der Waals surface area contributed by atoms with Gasteiger partial charge < -0.3 is 14.4 Å². The average Bonchev–Trinajstić information content (AvgIpc) is 2.56. The molecule has 0 aromatic heterocycles. The lowest BCUT2D eigenvalue weighted by Crippen LogP contribution is -2.38. The second kappa shape index (κ2) is 10.3. The van der Waals surface area contributed by atoms with Crippen LogP contribution in [0.3, 0.4) is 0 Å². The van der Waals surface area contributed by atoms with Gasteiger partial charge in [-0.15, -0.1) is 0 Å². The van der Waals surface area contributed by atoms with E-state index in [1.54, 1.807) is 38.3 Å². The molecule has 0 aliphatic carbocycles. The van der Waals surface area contributed by atoms with Gasteiger partial charge in [-0.05, 0) is 23.8 Å². The molecule has 0 fully saturated rings. The number of hydrogen-bond acceptors (Lipinski definition) is 4. The Labute approximate surface area is 152 Å². The maximum Gasteiger partial charge on any atom is 0.310 e. The summed E-state index contributed by atoms with van der Waals surface area (Å²) < 4.78 is 9.71. The van der Waals surface area contributed by atoms with Gasteiger partial charge in [0, 0.05) is 36.3 Å². The van der Waals surface area contributed by atoms with E-state index in [1.165, 1.54) is 18.1 Å². The van der Waals surface area contributed by atoms with Crippen LogP contribution in [0.5, 0.6) is 0 Å². The normalized spacial score (nSPS) is 12.2. The lowest BCUT2D eigenvalue weighted by molar-refractivity contribution is -0.146. The Morgan fingerprint density at radius 2 is 2.00 bits per heavy atom. The zero-order valence-corrected chi connectivity index (χ0v) is 15.4. The van der Waals surface area contributed by atoms with Gasteiger partial charge in [-0.2, -0.15) is 0 Å². The highest BCUT2D eigenvalue weighted by molar-refractivity contribution is 6.35. The van der Waals surface area contributed by atoms with Gasteiger partial charge in [0.1, 0.15) is 0 Å². The summed E-state index contributed by atoms with van der Waals surface area (Å²) in [6.07, 6.45) is 3.03. The van der Waals surface area contributed by atoms with Crippen LogP contribution >= 0.6 is 23.2 Å². The smallest absolute Gasteiger partial charge is 0.310 e. The van der Waals surface area contributed by atoms with Crippen LogP contribution < -0.4 is 0 Å². The Morgan fingerprint density at radius 3 is 2.58 bits per heavy atom. The molecule has 132 valence electrons. The van der Waals surface area contributed by atoms with E-state index in [1.807, 2.05) is 0 Å². The number of carbonyl (C=O) groups is 2. The van der Waals surface area contributed by atoms with Crippen LogP contribution in [0.4, 0.5) is 0 Å². The number of benzene rings is 1. The highest BCUT2D eigenvalue weighted by atomic mass is 35.5. The van der Waals surface area contributed by atoms with Crippen molar-refractivity contribution in [1.29, 1.82) is 0 Å². The van der Waals surface area contributed by atoms with E-state index >= 15 is 0 Å². The fourth-order valence-electron chi connectivity index (χ4n) is 2.00. The van der Waals surface area contributed by atoms with Crippen LogP contribution in [0.15, 0.2) is 24.3 Å². The standard InChI is InChI=1S/C17H21Cl2NO4/c1-12(17(22)24-3)11-20(8-9-23-2)16(21)7-5-13-4-6-14(18)10-15(13)19/h4-7,10,12H,8-9,11H2,1-3H3/b7-5+. The first-order chi connectivity index (χ1) is 11.4. The zero-order valence-electron chi connectivity index (χ0n) is 13.9. The van der Waals surface area contributed by atoms with Crippen molar-refractivity contribution in [2.24, 2.45) is 5.92 Å². The average molecular weight is 374 g/mol. The third kappa shape index (κ3) is 6.51. The van der Waals surface area contributed by atoms with E-state index in [0.717, 1.165) is 0 Å². The predicted molar refractivity (Wildman–Crippen MR) is 95.1 cm³/mol. The maximum absolute atomic E-state index is 12.4. The Balaban J connectivity index is 2.82. The molecule has 5 nitrogen and oxygen atoms in total. The first-order valence-electron chi connectivity index (χ1n) is 7.37. The van der Waals surface area contributed by atoms with E-state index in [2.05, 4.69) is 0 Å². The van der Waals surface area contributed by atoms with Crippen molar-refractivity contribution in [1.82, 2.24) is 4.90 Å². The predicted octanol–water partition coefficient (Wildman–Crippen LogP) is 3.29. The van der Waals surface area contributed by atoms with E-state index in [0.29, 0.717) is 28.8 Å². The molecule has 0 radical (unpaired) electrons. The fraction of sp³-hybridized carbons (Fsp3) is 0.412. The molecule has 0 spiro atoms. The molecule has 7 heteroatoms. The van der Waals surface area contributed by atoms with Gasteiger partial charge >= 0.3 is 5.97 Å². The molecule has 1 aromatic carbocycles. The molecule has 1 atom stereocenters. The lowest BCUT2D eigenvalue weighted by Gasteiger charge is -2.23. The van der Waals surface area contributed by atoms with Gasteiger partial charge in [-0.3, -0.25) is 9.59 Å². The Hall–Kier alpha value is -1.56. The summed E-state index contributed by atoms with van der Waals surface area (Å²) in [6, 6.07) is 5.03. The first-order valence-corrected chi connectivity index (χ1v) is 8.13. The Bertz CT molecular complexity index is 604. The number of esters is 1. The van der Waals surface area contributed by atoms with Gasteiger partial charge in [0.2, 0.25) is 5.91 Å². The van der Waals surface area contributed by atoms with E-state index in [4.69, 9.17) is 32.7 Å². The van der Waals surface area contributed by atoms with Crippen LogP contribution in [0, 0.1) is 5.92 Å². The summed E-state index contributed by atoms with van der Waals surface area (Å²) in [7, 11) is 2.87. The number of ether oxygens (including phenoxy) is 2. The molecule has 24 heavy (non-hydrogen) atoms. The van der Waals surface area contributed by atoms with Crippen molar-refractivity contribution in [3.8, 4) is 0 Å². The second-order valence-corrected chi connectivity index (χ2v) is 6.04. The quantitative estimate of drug-likeness (QED) is 0.518. The largest absolute Gasteiger partial charge is 0.469 e. The van der Waals surface area contributed by atoms with Gasteiger partial charge in [0.25, 0.3) is 0 Å². The molecular formula is C17H21Cl2NO4. The van der Waals surface area contributed by atoms with Crippen molar-refractivity contribution in [3.05, 3.63) is 39.9 Å². The monoisotopic (exact) mass is 373 g/mol. The van der Waals surface area contributed by atoms with Crippen molar-refractivity contribution in [2.75, 3.05) is 33.9 Å². The third-order valence-corrected chi connectivity index (χ3v) is 3.91.